The number of nitrogens with zero attached hydrogens (tertiary/aromatic N) is 2. The molecule has 0 aromatic heterocycles. The number of likely N-dealkylation sites (tertiary alicyclic amines) is 1. The summed E-state index contributed by atoms with van der Waals surface area (Å²) in [5.74, 6) is -2.47. The average molecular weight is 519 g/mol. The van der Waals surface area contributed by atoms with Gasteiger partial charge < -0.3 is 4.90 Å². The van der Waals surface area contributed by atoms with Crippen LogP contribution >= 0.6 is 11.6 Å². The number of ketones is 1. The molecule has 0 radical (unpaired) electrons. The van der Waals surface area contributed by atoms with Gasteiger partial charge in [0.05, 0.1) is 24.2 Å². The summed E-state index contributed by atoms with van der Waals surface area (Å²) in [6, 6.07) is 2.91. The number of benzene rings is 1. The third-order valence-electron chi connectivity index (χ3n) is 5.22. The zero-order valence-corrected chi connectivity index (χ0v) is 19.7. The number of Topliss-reactive ketones (excluding diaryl/α,β-unsaturated/α-hetero) is 1. The standard InChI is InChI=1S/C20H24ClF5N2O4S/c1-19(2,3)28(33(31,32)20(24,25)26)11-17(30)27-10-13(22)9-15(27)16(29)8-7-12-5-4-6-14(21)18(12)23/h4-6,13,15H,7-11H2,1-3H3. The number of carbonyl (C=O) groups excluding carboxylic acids is 2. The number of hydrogen-bond acceptors (Lipinski definition) is 4. The van der Waals surface area contributed by atoms with Crippen molar-refractivity contribution in [1.82, 2.24) is 9.21 Å². The van der Waals surface area contributed by atoms with Crippen LogP contribution in [-0.4, -0.2) is 65.7 Å². The molecule has 1 heterocycles. The maximum atomic E-state index is 14.1. The molecule has 0 spiro atoms. The van der Waals surface area contributed by atoms with E-state index in [0.29, 0.717) is 0 Å². The maximum Gasteiger partial charge on any atom is 0.511 e. The monoisotopic (exact) mass is 518 g/mol. The fraction of sp³-hybridized carbons (Fsp3) is 0.600. The van der Waals surface area contributed by atoms with Gasteiger partial charge in [0, 0.05) is 18.4 Å². The van der Waals surface area contributed by atoms with Crippen molar-refractivity contribution in [2.45, 2.75) is 63.3 Å². The van der Waals surface area contributed by atoms with Crippen LogP contribution in [0, 0.1) is 5.82 Å². The number of sulfonamides is 1. The van der Waals surface area contributed by atoms with Crippen LogP contribution in [0.1, 0.15) is 39.2 Å². The molecule has 1 aliphatic heterocycles. The Bertz CT molecular complexity index is 1010. The van der Waals surface area contributed by atoms with Crippen molar-refractivity contribution in [3.63, 3.8) is 0 Å². The van der Waals surface area contributed by atoms with Crippen molar-refractivity contribution >= 4 is 33.3 Å². The number of rotatable bonds is 7. The summed E-state index contributed by atoms with van der Waals surface area (Å²) in [5.41, 5.74) is -7.13. The molecule has 1 amide bonds. The van der Waals surface area contributed by atoms with Gasteiger partial charge in [0.1, 0.15) is 12.0 Å². The first-order valence-electron chi connectivity index (χ1n) is 9.95. The van der Waals surface area contributed by atoms with Crippen LogP contribution in [0.4, 0.5) is 22.0 Å². The first kappa shape index (κ1) is 27.5. The van der Waals surface area contributed by atoms with E-state index in [0.717, 1.165) is 4.90 Å². The van der Waals surface area contributed by atoms with Gasteiger partial charge in [-0.3, -0.25) is 9.59 Å². The van der Waals surface area contributed by atoms with E-state index < -0.39 is 63.9 Å². The summed E-state index contributed by atoms with van der Waals surface area (Å²) >= 11 is 5.70. The Labute approximate surface area is 193 Å². The lowest BCUT2D eigenvalue weighted by Crippen LogP contribution is -2.55. The molecule has 6 nitrogen and oxygen atoms in total. The van der Waals surface area contributed by atoms with Crippen LogP contribution < -0.4 is 0 Å². The molecule has 0 N–H and O–H groups in total. The minimum atomic E-state index is -5.87. The molecule has 0 bridgehead atoms. The summed E-state index contributed by atoms with van der Waals surface area (Å²) in [4.78, 5) is 26.2. The first-order chi connectivity index (χ1) is 15.0. The third-order valence-corrected chi connectivity index (χ3v) is 7.36. The molecule has 33 heavy (non-hydrogen) atoms. The molecule has 2 rings (SSSR count). The van der Waals surface area contributed by atoms with E-state index in [4.69, 9.17) is 11.6 Å². The fourth-order valence-corrected chi connectivity index (χ4v) is 5.00. The van der Waals surface area contributed by atoms with Gasteiger partial charge in [0.25, 0.3) is 0 Å². The van der Waals surface area contributed by atoms with E-state index in [9.17, 15) is 40.0 Å². The van der Waals surface area contributed by atoms with Crippen LogP contribution in [-0.2, 0) is 26.0 Å². The van der Waals surface area contributed by atoms with E-state index in [-0.39, 0.29) is 34.2 Å². The maximum absolute atomic E-state index is 14.1. The third kappa shape index (κ3) is 6.21. The highest BCUT2D eigenvalue weighted by molar-refractivity contribution is 7.90. The normalized spacial score (nSPS) is 19.9. The quantitative estimate of drug-likeness (QED) is 0.514. The van der Waals surface area contributed by atoms with Gasteiger partial charge in [0.15, 0.2) is 5.78 Å². The summed E-state index contributed by atoms with van der Waals surface area (Å²) in [6.45, 7) is 1.74. The minimum Gasteiger partial charge on any atom is -0.328 e. The second-order valence-corrected chi connectivity index (χ2v) is 11.0. The molecular formula is C20H24ClF5N2O4S. The summed E-state index contributed by atoms with van der Waals surface area (Å²) in [5, 5.41) is -0.144. The van der Waals surface area contributed by atoms with Crippen molar-refractivity contribution in [1.29, 1.82) is 0 Å². The van der Waals surface area contributed by atoms with Gasteiger partial charge in [0.2, 0.25) is 5.91 Å². The van der Waals surface area contributed by atoms with Crippen molar-refractivity contribution in [2.75, 3.05) is 13.1 Å². The Morgan fingerprint density at radius 1 is 1.21 bits per heavy atom. The number of alkyl halides is 4. The van der Waals surface area contributed by atoms with Crippen LogP contribution in [0.15, 0.2) is 18.2 Å². The van der Waals surface area contributed by atoms with Crippen LogP contribution in [0.2, 0.25) is 5.02 Å². The predicted octanol–water partition coefficient (Wildman–Crippen LogP) is 3.87. The molecule has 13 heteroatoms. The molecule has 2 atom stereocenters. The lowest BCUT2D eigenvalue weighted by Gasteiger charge is -2.35. The molecule has 2 unspecified atom stereocenters. The highest BCUT2D eigenvalue weighted by atomic mass is 35.5. The topological polar surface area (TPSA) is 74.8 Å². The number of amides is 1. The van der Waals surface area contributed by atoms with E-state index in [1.54, 1.807) is 0 Å². The van der Waals surface area contributed by atoms with Crippen molar-refractivity contribution in [3.05, 3.63) is 34.6 Å². The SMILES string of the molecule is CC(C)(C)N(CC(=O)N1CC(F)CC1C(=O)CCc1cccc(Cl)c1F)S(=O)(=O)C(F)(F)F. The largest absolute Gasteiger partial charge is 0.511 e. The second-order valence-electron chi connectivity index (χ2n) is 8.70. The first-order valence-corrected chi connectivity index (χ1v) is 11.8. The van der Waals surface area contributed by atoms with E-state index in [1.165, 1.54) is 39.0 Å². The molecule has 0 aliphatic carbocycles. The van der Waals surface area contributed by atoms with E-state index >= 15 is 0 Å². The molecule has 1 fully saturated rings. The fourth-order valence-electron chi connectivity index (χ4n) is 3.55. The highest BCUT2D eigenvalue weighted by Gasteiger charge is 2.54. The zero-order valence-electron chi connectivity index (χ0n) is 18.1. The Morgan fingerprint density at radius 3 is 2.36 bits per heavy atom. The summed E-state index contributed by atoms with van der Waals surface area (Å²) < 4.78 is 91.5. The number of aryl methyl sites for hydroxylation is 1. The summed E-state index contributed by atoms with van der Waals surface area (Å²) in [7, 11) is -5.87. The molecular weight excluding hydrogens is 495 g/mol. The van der Waals surface area contributed by atoms with E-state index in [1.807, 2.05) is 0 Å². The zero-order chi connectivity index (χ0) is 25.4. The van der Waals surface area contributed by atoms with Crippen molar-refractivity contribution < 1.29 is 40.0 Å². The Morgan fingerprint density at radius 2 is 1.82 bits per heavy atom. The number of carbonyl (C=O) groups is 2. The number of hydrogen-bond donors (Lipinski definition) is 0. The van der Waals surface area contributed by atoms with Gasteiger partial charge in [-0.15, -0.1) is 0 Å². The summed E-state index contributed by atoms with van der Waals surface area (Å²) in [6.07, 6.45) is -2.36. The Balaban J connectivity index is 2.20. The molecule has 1 aromatic rings. The highest BCUT2D eigenvalue weighted by Crippen LogP contribution is 2.32. The number of halogens is 6. The lowest BCUT2D eigenvalue weighted by atomic mass is 10.0. The molecule has 1 saturated heterocycles. The van der Waals surface area contributed by atoms with Crippen molar-refractivity contribution in [2.24, 2.45) is 0 Å². The lowest BCUT2D eigenvalue weighted by molar-refractivity contribution is -0.138. The second kappa shape index (κ2) is 9.83. The minimum absolute atomic E-state index is 0.0171. The predicted molar refractivity (Wildman–Crippen MR) is 111 cm³/mol. The van der Waals surface area contributed by atoms with Crippen molar-refractivity contribution in [3.8, 4) is 0 Å². The molecule has 1 aromatic carbocycles. The van der Waals surface area contributed by atoms with E-state index in [2.05, 4.69) is 0 Å². The van der Waals surface area contributed by atoms with Gasteiger partial charge in [-0.1, -0.05) is 23.7 Å². The van der Waals surface area contributed by atoms with Gasteiger partial charge in [-0.2, -0.15) is 17.5 Å². The van der Waals surface area contributed by atoms with Gasteiger partial charge >= 0.3 is 15.5 Å². The van der Waals surface area contributed by atoms with Crippen LogP contribution in [0.5, 0.6) is 0 Å². The molecule has 186 valence electrons. The smallest absolute Gasteiger partial charge is 0.328 e. The van der Waals surface area contributed by atoms with Crippen LogP contribution in [0.25, 0.3) is 0 Å². The molecule has 1 aliphatic rings. The van der Waals surface area contributed by atoms with Gasteiger partial charge in [-0.25, -0.2) is 17.2 Å². The Hall–Kier alpha value is -1.79. The molecule has 0 saturated carbocycles. The average Bonchev–Trinajstić information content (AvgIpc) is 3.07. The Kier molecular flexibility index (Phi) is 8.18. The van der Waals surface area contributed by atoms with Crippen LogP contribution in [0.3, 0.4) is 0 Å². The van der Waals surface area contributed by atoms with Gasteiger partial charge in [-0.05, 0) is 38.8 Å².